The Kier molecular flexibility index (Phi) is 6.81. The van der Waals surface area contributed by atoms with Gasteiger partial charge in [-0.05, 0) is 40.2 Å². The van der Waals surface area contributed by atoms with Crippen molar-refractivity contribution in [2.75, 3.05) is 0 Å². The van der Waals surface area contributed by atoms with E-state index in [1.54, 1.807) is 40.7 Å². The SMILES string of the molecule is C=C(C1CC(O)C(C)(C)O1)[C@H]1[C@H](OC(=O)/C(C)=C\C)[C@H]2O[C@@]2(C)[C@@H](OC(C)=O)[C@H]1OC(C)=O. The van der Waals surface area contributed by atoms with Crippen molar-refractivity contribution in [2.45, 2.75) is 103 Å². The Labute approximate surface area is 194 Å². The number of allylic oxidation sites excluding steroid dienone is 1. The number of fused-ring (bicyclic) bond motifs is 1. The average Bonchev–Trinajstić information content (AvgIpc) is 3.32. The molecule has 184 valence electrons. The van der Waals surface area contributed by atoms with Gasteiger partial charge in [0.1, 0.15) is 17.8 Å². The van der Waals surface area contributed by atoms with Crippen LogP contribution in [0.4, 0.5) is 0 Å². The normalized spacial score (nSPS) is 39.3. The Hall–Kier alpha value is -2.23. The molecule has 2 saturated heterocycles. The molecule has 0 spiro atoms. The van der Waals surface area contributed by atoms with Crippen molar-refractivity contribution in [3.05, 3.63) is 23.8 Å². The summed E-state index contributed by atoms with van der Waals surface area (Å²) in [5.74, 6) is -2.50. The first-order chi connectivity index (χ1) is 15.2. The second-order valence-corrected chi connectivity index (χ2v) is 9.73. The van der Waals surface area contributed by atoms with Gasteiger partial charge in [-0.3, -0.25) is 9.59 Å². The smallest absolute Gasteiger partial charge is 0.333 e. The molecule has 2 aliphatic heterocycles. The van der Waals surface area contributed by atoms with Crippen molar-refractivity contribution in [1.29, 1.82) is 0 Å². The first kappa shape index (κ1) is 25.4. The number of carbonyl (C=O) groups excluding carboxylic acids is 3. The van der Waals surface area contributed by atoms with E-state index in [2.05, 4.69) is 6.58 Å². The van der Waals surface area contributed by atoms with Crippen LogP contribution in [0.2, 0.25) is 0 Å². The van der Waals surface area contributed by atoms with Gasteiger partial charge in [-0.1, -0.05) is 12.7 Å². The zero-order valence-corrected chi connectivity index (χ0v) is 20.2. The van der Waals surface area contributed by atoms with Gasteiger partial charge in [-0.2, -0.15) is 0 Å². The van der Waals surface area contributed by atoms with E-state index in [-0.39, 0.29) is 6.42 Å². The van der Waals surface area contributed by atoms with Crippen molar-refractivity contribution >= 4 is 17.9 Å². The molecule has 1 saturated carbocycles. The van der Waals surface area contributed by atoms with E-state index in [0.717, 1.165) is 0 Å². The molecule has 9 heteroatoms. The van der Waals surface area contributed by atoms with E-state index in [4.69, 9.17) is 23.7 Å². The molecule has 0 aromatic carbocycles. The lowest BCUT2D eigenvalue weighted by Crippen LogP contribution is -2.59. The van der Waals surface area contributed by atoms with Gasteiger partial charge in [0.15, 0.2) is 12.2 Å². The molecule has 0 aromatic heterocycles. The van der Waals surface area contributed by atoms with Gasteiger partial charge >= 0.3 is 17.9 Å². The Bertz CT molecular complexity index is 875. The average molecular weight is 467 g/mol. The van der Waals surface area contributed by atoms with Crippen molar-refractivity contribution in [3.63, 3.8) is 0 Å². The zero-order valence-electron chi connectivity index (χ0n) is 20.2. The van der Waals surface area contributed by atoms with Crippen molar-refractivity contribution in [2.24, 2.45) is 5.92 Å². The second-order valence-electron chi connectivity index (χ2n) is 9.73. The molecular formula is C24H34O9. The lowest BCUT2D eigenvalue weighted by atomic mass is 9.71. The molecule has 0 radical (unpaired) electrons. The van der Waals surface area contributed by atoms with Crippen molar-refractivity contribution in [3.8, 4) is 0 Å². The molecule has 3 rings (SSSR count). The molecule has 0 amide bonds. The van der Waals surface area contributed by atoms with Crippen LogP contribution in [0.15, 0.2) is 23.8 Å². The van der Waals surface area contributed by atoms with E-state index in [0.29, 0.717) is 11.1 Å². The minimum absolute atomic E-state index is 0.269. The van der Waals surface area contributed by atoms with Crippen LogP contribution >= 0.6 is 0 Å². The maximum Gasteiger partial charge on any atom is 0.333 e. The summed E-state index contributed by atoms with van der Waals surface area (Å²) in [5.41, 5.74) is -0.947. The molecule has 3 fully saturated rings. The molecule has 0 bridgehead atoms. The predicted molar refractivity (Wildman–Crippen MR) is 116 cm³/mol. The molecule has 1 N–H and O–H groups in total. The molecule has 2 heterocycles. The van der Waals surface area contributed by atoms with Crippen LogP contribution < -0.4 is 0 Å². The summed E-state index contributed by atoms with van der Waals surface area (Å²) in [4.78, 5) is 36.7. The number of carbonyl (C=O) groups is 3. The molecule has 8 atom stereocenters. The third kappa shape index (κ3) is 4.72. The fraction of sp³-hybridized carbons (Fsp3) is 0.708. The Balaban J connectivity index is 2.04. The maximum absolute atomic E-state index is 12.7. The van der Waals surface area contributed by atoms with Gasteiger partial charge in [0.2, 0.25) is 0 Å². The van der Waals surface area contributed by atoms with Crippen LogP contribution in [0.1, 0.15) is 54.9 Å². The maximum atomic E-state index is 12.7. The molecule has 3 aliphatic rings. The Morgan fingerprint density at radius 3 is 2.09 bits per heavy atom. The predicted octanol–water partition coefficient (Wildman–Crippen LogP) is 2.00. The number of aliphatic hydroxyl groups is 1. The number of ether oxygens (including phenoxy) is 5. The summed E-state index contributed by atoms with van der Waals surface area (Å²) >= 11 is 0. The summed E-state index contributed by atoms with van der Waals surface area (Å²) in [6.07, 6.45) is -2.89. The van der Waals surface area contributed by atoms with Gasteiger partial charge in [0.25, 0.3) is 0 Å². The third-order valence-electron chi connectivity index (χ3n) is 6.88. The lowest BCUT2D eigenvalue weighted by molar-refractivity contribution is -0.186. The van der Waals surface area contributed by atoms with E-state index in [1.807, 2.05) is 0 Å². The van der Waals surface area contributed by atoms with E-state index < -0.39 is 71.7 Å². The van der Waals surface area contributed by atoms with Crippen LogP contribution in [0.5, 0.6) is 0 Å². The number of aliphatic hydroxyl groups excluding tert-OH is 1. The van der Waals surface area contributed by atoms with E-state index >= 15 is 0 Å². The molecular weight excluding hydrogens is 432 g/mol. The molecule has 1 aliphatic carbocycles. The van der Waals surface area contributed by atoms with Crippen LogP contribution in [0.3, 0.4) is 0 Å². The van der Waals surface area contributed by atoms with Gasteiger partial charge < -0.3 is 28.8 Å². The summed E-state index contributed by atoms with van der Waals surface area (Å²) in [6, 6.07) is 0. The van der Waals surface area contributed by atoms with Crippen molar-refractivity contribution < 1.29 is 43.2 Å². The fourth-order valence-electron chi connectivity index (χ4n) is 4.75. The standard InChI is InChI=1S/C24H34O9/c1-9-11(2)22(28)31-19-17(12(3)15-10-16(27)23(6,7)32-15)18(29-13(4)25)20(30-14(5)26)24(8)21(19)33-24/h9,15-21,27H,3,10H2,1-2,4-8H3/b11-9-/t15?,16?,17-,18+,19+,20+,21-,24+/m1/s1. The first-order valence-electron chi connectivity index (χ1n) is 11.1. The van der Waals surface area contributed by atoms with Crippen LogP contribution in [0, 0.1) is 5.92 Å². The zero-order chi connectivity index (χ0) is 24.9. The fourth-order valence-corrected chi connectivity index (χ4v) is 4.75. The number of epoxide rings is 1. The Morgan fingerprint density at radius 2 is 1.61 bits per heavy atom. The van der Waals surface area contributed by atoms with Gasteiger partial charge in [-0.15, -0.1) is 0 Å². The quantitative estimate of drug-likeness (QED) is 0.206. The molecule has 9 nitrogen and oxygen atoms in total. The summed E-state index contributed by atoms with van der Waals surface area (Å²) in [5, 5.41) is 10.4. The molecule has 33 heavy (non-hydrogen) atoms. The number of hydrogen-bond acceptors (Lipinski definition) is 9. The topological polar surface area (TPSA) is 121 Å². The third-order valence-corrected chi connectivity index (χ3v) is 6.88. The number of esters is 3. The highest BCUT2D eigenvalue weighted by atomic mass is 16.7. The molecule has 0 aromatic rings. The van der Waals surface area contributed by atoms with Crippen molar-refractivity contribution in [1.82, 2.24) is 0 Å². The minimum atomic E-state index is -1.03. The number of rotatable bonds is 6. The second kappa shape index (κ2) is 8.85. The van der Waals surface area contributed by atoms with Crippen LogP contribution in [-0.2, 0) is 38.1 Å². The largest absolute Gasteiger partial charge is 0.458 e. The van der Waals surface area contributed by atoms with Gasteiger partial charge in [-0.25, -0.2) is 4.79 Å². The molecule has 2 unspecified atom stereocenters. The van der Waals surface area contributed by atoms with Gasteiger partial charge in [0.05, 0.1) is 23.7 Å². The van der Waals surface area contributed by atoms with E-state index in [1.165, 1.54) is 13.8 Å². The highest BCUT2D eigenvalue weighted by Crippen LogP contribution is 2.55. The van der Waals surface area contributed by atoms with Crippen LogP contribution in [-0.4, -0.2) is 70.8 Å². The van der Waals surface area contributed by atoms with Gasteiger partial charge in [0, 0.05) is 25.8 Å². The lowest BCUT2D eigenvalue weighted by Gasteiger charge is -2.43. The summed E-state index contributed by atoms with van der Waals surface area (Å²) < 4.78 is 29.1. The Morgan fingerprint density at radius 1 is 1.00 bits per heavy atom. The first-order valence-corrected chi connectivity index (χ1v) is 11.1. The van der Waals surface area contributed by atoms with E-state index in [9.17, 15) is 19.5 Å². The summed E-state index contributed by atoms with van der Waals surface area (Å²) in [7, 11) is 0. The highest BCUT2D eigenvalue weighted by Gasteiger charge is 2.73. The summed E-state index contributed by atoms with van der Waals surface area (Å²) in [6.45, 7) is 15.3. The van der Waals surface area contributed by atoms with Crippen LogP contribution in [0.25, 0.3) is 0 Å². The number of hydrogen-bond donors (Lipinski definition) is 1. The monoisotopic (exact) mass is 466 g/mol. The minimum Gasteiger partial charge on any atom is -0.458 e. The highest BCUT2D eigenvalue weighted by molar-refractivity contribution is 5.87.